The fourth-order valence-corrected chi connectivity index (χ4v) is 3.20. The van der Waals surface area contributed by atoms with E-state index in [4.69, 9.17) is 10.5 Å². The Morgan fingerprint density at radius 3 is 2.88 bits per heavy atom. The van der Waals surface area contributed by atoms with Gasteiger partial charge in [0.25, 0.3) is 0 Å². The van der Waals surface area contributed by atoms with Gasteiger partial charge in [-0.3, -0.25) is 0 Å². The zero-order valence-electron chi connectivity index (χ0n) is 9.90. The number of thioether (sulfide) groups is 1. The van der Waals surface area contributed by atoms with Crippen LogP contribution in [0.15, 0.2) is 23.1 Å². The molecule has 1 aromatic carbocycles. The summed E-state index contributed by atoms with van der Waals surface area (Å²) in [6.45, 7) is 5.84. The third-order valence-corrected chi connectivity index (χ3v) is 4.69. The van der Waals surface area contributed by atoms with Gasteiger partial charge in [-0.15, -0.1) is 11.8 Å². The van der Waals surface area contributed by atoms with Crippen molar-refractivity contribution < 1.29 is 4.74 Å². The maximum atomic E-state index is 5.63. The number of rotatable bonds is 3. The highest BCUT2D eigenvalue weighted by Gasteiger charge is 2.25. The Morgan fingerprint density at radius 2 is 2.31 bits per heavy atom. The van der Waals surface area contributed by atoms with Crippen molar-refractivity contribution >= 4 is 11.8 Å². The summed E-state index contributed by atoms with van der Waals surface area (Å²) >= 11 is 1.94. The molecule has 0 saturated carbocycles. The third kappa shape index (κ3) is 2.59. The van der Waals surface area contributed by atoms with Gasteiger partial charge in [-0.05, 0) is 37.5 Å². The summed E-state index contributed by atoms with van der Waals surface area (Å²) < 4.78 is 5.58. The molecule has 1 aliphatic rings. The number of hydrogen-bond donors (Lipinski definition) is 1. The lowest BCUT2D eigenvalue weighted by Gasteiger charge is -2.15. The molecule has 0 spiro atoms. The lowest BCUT2D eigenvalue weighted by molar-refractivity contribution is 0.127. The highest BCUT2D eigenvalue weighted by Crippen LogP contribution is 2.34. The lowest BCUT2D eigenvalue weighted by atomic mass is 10.1. The predicted octanol–water partition coefficient (Wildman–Crippen LogP) is 2.72. The quantitative estimate of drug-likeness (QED) is 0.878. The summed E-state index contributed by atoms with van der Waals surface area (Å²) in [6.07, 6.45) is 1.53. The molecule has 1 aliphatic heterocycles. The van der Waals surface area contributed by atoms with Gasteiger partial charge in [0.05, 0.1) is 6.10 Å². The van der Waals surface area contributed by atoms with Gasteiger partial charge in [-0.2, -0.15) is 0 Å². The molecule has 2 unspecified atom stereocenters. The first-order valence-corrected chi connectivity index (χ1v) is 6.66. The molecular weight excluding hydrogens is 218 g/mol. The Hall–Kier alpha value is -0.510. The molecule has 88 valence electrons. The van der Waals surface area contributed by atoms with Crippen molar-refractivity contribution in [3.8, 4) is 0 Å². The number of nitrogens with two attached hydrogens (primary N) is 1. The number of ether oxygens (including phenoxy) is 1. The van der Waals surface area contributed by atoms with Gasteiger partial charge < -0.3 is 10.5 Å². The van der Waals surface area contributed by atoms with Crippen molar-refractivity contribution in [3.05, 3.63) is 29.3 Å². The van der Waals surface area contributed by atoms with E-state index in [0.29, 0.717) is 17.9 Å². The van der Waals surface area contributed by atoms with Crippen molar-refractivity contribution in [2.75, 3.05) is 6.61 Å². The van der Waals surface area contributed by atoms with Gasteiger partial charge in [-0.1, -0.05) is 12.1 Å². The lowest BCUT2D eigenvalue weighted by Crippen LogP contribution is -2.13. The highest BCUT2D eigenvalue weighted by atomic mass is 32.2. The fraction of sp³-hybridized carbons (Fsp3) is 0.538. The summed E-state index contributed by atoms with van der Waals surface area (Å²) in [5.74, 6) is 0. The first-order chi connectivity index (χ1) is 7.70. The zero-order valence-corrected chi connectivity index (χ0v) is 10.7. The molecule has 16 heavy (non-hydrogen) atoms. The van der Waals surface area contributed by atoms with Crippen molar-refractivity contribution in [1.82, 2.24) is 0 Å². The van der Waals surface area contributed by atoms with Crippen LogP contribution in [0.2, 0.25) is 0 Å². The minimum Gasteiger partial charge on any atom is -0.377 e. The Bertz CT molecular complexity index is 367. The topological polar surface area (TPSA) is 35.2 Å². The second kappa shape index (κ2) is 5.21. The van der Waals surface area contributed by atoms with Gasteiger partial charge in [0.15, 0.2) is 0 Å². The van der Waals surface area contributed by atoms with Crippen LogP contribution >= 0.6 is 11.8 Å². The number of aryl methyl sites for hydroxylation is 1. The van der Waals surface area contributed by atoms with Crippen molar-refractivity contribution in [2.45, 2.75) is 43.1 Å². The van der Waals surface area contributed by atoms with Crippen LogP contribution in [-0.4, -0.2) is 18.0 Å². The average Bonchev–Trinajstić information content (AvgIpc) is 2.67. The van der Waals surface area contributed by atoms with Gasteiger partial charge in [0.2, 0.25) is 0 Å². The summed E-state index contributed by atoms with van der Waals surface area (Å²) in [7, 11) is 0. The van der Waals surface area contributed by atoms with E-state index in [1.54, 1.807) is 0 Å². The molecule has 3 heteroatoms. The molecule has 0 amide bonds. The van der Waals surface area contributed by atoms with Crippen molar-refractivity contribution in [1.29, 1.82) is 0 Å². The van der Waals surface area contributed by atoms with Crippen LogP contribution in [0.1, 0.15) is 24.5 Å². The smallest absolute Gasteiger partial charge is 0.0669 e. The van der Waals surface area contributed by atoms with Crippen LogP contribution < -0.4 is 5.73 Å². The van der Waals surface area contributed by atoms with E-state index in [1.165, 1.54) is 16.0 Å². The maximum absolute atomic E-state index is 5.63. The van der Waals surface area contributed by atoms with E-state index in [2.05, 4.69) is 32.0 Å². The first-order valence-electron chi connectivity index (χ1n) is 5.78. The minimum absolute atomic E-state index is 0.374. The fourth-order valence-electron chi connectivity index (χ4n) is 2.00. The van der Waals surface area contributed by atoms with E-state index >= 15 is 0 Å². The highest BCUT2D eigenvalue weighted by molar-refractivity contribution is 8.00. The van der Waals surface area contributed by atoms with Gasteiger partial charge in [0.1, 0.15) is 0 Å². The number of benzene rings is 1. The molecule has 0 aliphatic carbocycles. The standard InChI is InChI=1S/C13H19NOS/c1-9-7-11(8-14)3-4-12(9)16-13-5-6-15-10(13)2/h3-4,7,10,13H,5-6,8,14H2,1-2H3. The molecule has 2 atom stereocenters. The predicted molar refractivity (Wildman–Crippen MR) is 68.7 cm³/mol. The zero-order chi connectivity index (χ0) is 11.5. The molecule has 0 aromatic heterocycles. The van der Waals surface area contributed by atoms with E-state index in [1.807, 2.05) is 11.8 Å². The van der Waals surface area contributed by atoms with E-state index < -0.39 is 0 Å². The number of hydrogen-bond acceptors (Lipinski definition) is 3. The van der Waals surface area contributed by atoms with E-state index in [0.717, 1.165) is 13.0 Å². The van der Waals surface area contributed by atoms with Crippen LogP contribution in [0.25, 0.3) is 0 Å². The van der Waals surface area contributed by atoms with Crippen LogP contribution in [-0.2, 0) is 11.3 Å². The molecule has 1 aromatic rings. The van der Waals surface area contributed by atoms with Crippen LogP contribution in [0.3, 0.4) is 0 Å². The maximum Gasteiger partial charge on any atom is 0.0669 e. The molecule has 2 N–H and O–H groups in total. The molecule has 1 fully saturated rings. The second-order valence-electron chi connectivity index (χ2n) is 4.32. The molecule has 2 rings (SSSR count). The normalized spacial score (nSPS) is 24.9. The monoisotopic (exact) mass is 237 g/mol. The molecule has 1 heterocycles. The van der Waals surface area contributed by atoms with Crippen molar-refractivity contribution in [2.24, 2.45) is 5.73 Å². The Morgan fingerprint density at radius 1 is 1.50 bits per heavy atom. The average molecular weight is 237 g/mol. The molecular formula is C13H19NOS. The Balaban J connectivity index is 2.09. The molecule has 0 radical (unpaired) electrons. The van der Waals surface area contributed by atoms with E-state index in [9.17, 15) is 0 Å². The summed E-state index contributed by atoms with van der Waals surface area (Å²) in [6, 6.07) is 6.49. The largest absolute Gasteiger partial charge is 0.377 e. The second-order valence-corrected chi connectivity index (χ2v) is 5.61. The van der Waals surface area contributed by atoms with Crippen LogP contribution in [0, 0.1) is 6.92 Å². The Labute approximate surface area is 102 Å². The minimum atomic E-state index is 0.374. The van der Waals surface area contributed by atoms with Crippen molar-refractivity contribution in [3.63, 3.8) is 0 Å². The SMILES string of the molecule is Cc1cc(CN)ccc1SC1CCOC1C. The van der Waals surface area contributed by atoms with Gasteiger partial charge in [0, 0.05) is 23.3 Å². The van der Waals surface area contributed by atoms with Crippen LogP contribution in [0.4, 0.5) is 0 Å². The van der Waals surface area contributed by atoms with Crippen LogP contribution in [0.5, 0.6) is 0 Å². The van der Waals surface area contributed by atoms with Gasteiger partial charge >= 0.3 is 0 Å². The summed E-state index contributed by atoms with van der Waals surface area (Å²) in [5, 5.41) is 0.599. The summed E-state index contributed by atoms with van der Waals surface area (Å²) in [5.41, 5.74) is 8.16. The molecule has 0 bridgehead atoms. The molecule has 2 nitrogen and oxygen atoms in total. The third-order valence-electron chi connectivity index (χ3n) is 3.06. The summed E-state index contributed by atoms with van der Waals surface area (Å²) in [4.78, 5) is 1.36. The molecule has 1 saturated heterocycles. The van der Waals surface area contributed by atoms with Gasteiger partial charge in [-0.25, -0.2) is 0 Å². The Kier molecular flexibility index (Phi) is 3.90. The first kappa shape index (κ1) is 12.0. The van der Waals surface area contributed by atoms with E-state index in [-0.39, 0.29) is 0 Å².